The normalized spacial score (nSPS) is 17.4. The second-order valence-electron chi connectivity index (χ2n) is 6.51. The third-order valence-electron chi connectivity index (χ3n) is 4.68. The molecule has 1 aliphatic heterocycles. The predicted octanol–water partition coefficient (Wildman–Crippen LogP) is 1.92. The molecule has 0 aromatic carbocycles. The summed E-state index contributed by atoms with van der Waals surface area (Å²) in [7, 11) is 1.81. The average molecular weight is 341 g/mol. The lowest BCUT2D eigenvalue weighted by molar-refractivity contribution is -0.121. The van der Waals surface area contributed by atoms with E-state index < -0.39 is 0 Å². The molecule has 1 atom stereocenters. The molecule has 0 aliphatic carbocycles. The maximum atomic E-state index is 12.7. The summed E-state index contributed by atoms with van der Waals surface area (Å²) in [4.78, 5) is 31.3. The van der Waals surface area contributed by atoms with Crippen LogP contribution in [0.1, 0.15) is 34.6 Å². The summed E-state index contributed by atoms with van der Waals surface area (Å²) < 4.78 is 1.69. The number of amides is 2. The van der Waals surface area contributed by atoms with Crippen molar-refractivity contribution < 1.29 is 9.59 Å². The highest BCUT2D eigenvalue weighted by Gasteiger charge is 2.30. The number of nitrogens with one attached hydrogen (secondary N) is 1. The molecule has 1 saturated heterocycles. The fourth-order valence-corrected chi connectivity index (χ4v) is 3.10. The summed E-state index contributed by atoms with van der Waals surface area (Å²) in [5.74, 6) is 0.184. The third kappa shape index (κ3) is 3.70. The average Bonchev–Trinajstić information content (AvgIpc) is 2.93. The highest BCUT2D eigenvalue weighted by atomic mass is 16.2. The molecule has 1 unspecified atom stereocenters. The Morgan fingerprint density at radius 2 is 2.08 bits per heavy atom. The van der Waals surface area contributed by atoms with Crippen molar-refractivity contribution in [3.05, 3.63) is 41.3 Å². The van der Waals surface area contributed by atoms with Gasteiger partial charge in [-0.25, -0.2) is 4.98 Å². The molecular formula is C18H23N5O2. The van der Waals surface area contributed by atoms with E-state index in [1.165, 1.54) is 0 Å². The molecule has 1 N–H and O–H groups in total. The van der Waals surface area contributed by atoms with E-state index in [-0.39, 0.29) is 17.7 Å². The zero-order chi connectivity index (χ0) is 18.0. The Labute approximate surface area is 147 Å². The van der Waals surface area contributed by atoms with Crippen LogP contribution in [-0.4, -0.2) is 44.6 Å². The van der Waals surface area contributed by atoms with Crippen LogP contribution in [-0.2, 0) is 11.8 Å². The number of nitrogens with zero attached hydrogens (tertiary/aromatic N) is 4. The van der Waals surface area contributed by atoms with Gasteiger partial charge in [0, 0.05) is 31.5 Å². The number of aryl methyl sites for hydroxylation is 2. The Morgan fingerprint density at radius 1 is 1.28 bits per heavy atom. The summed E-state index contributed by atoms with van der Waals surface area (Å²) in [6.07, 6.45) is 3.18. The van der Waals surface area contributed by atoms with Crippen LogP contribution in [0.5, 0.6) is 0 Å². The van der Waals surface area contributed by atoms with Gasteiger partial charge in [-0.15, -0.1) is 0 Å². The molecule has 2 aromatic rings. The molecule has 1 fully saturated rings. The van der Waals surface area contributed by atoms with Crippen LogP contribution in [0, 0.1) is 19.8 Å². The van der Waals surface area contributed by atoms with Crippen molar-refractivity contribution in [1.82, 2.24) is 19.7 Å². The Morgan fingerprint density at radius 3 is 2.76 bits per heavy atom. The van der Waals surface area contributed by atoms with Crippen LogP contribution in [0.25, 0.3) is 0 Å². The van der Waals surface area contributed by atoms with Crippen molar-refractivity contribution in [1.29, 1.82) is 0 Å². The van der Waals surface area contributed by atoms with E-state index in [1.807, 2.05) is 33.0 Å². The number of hydrogen-bond acceptors (Lipinski definition) is 4. The Kier molecular flexibility index (Phi) is 4.83. The first-order valence-corrected chi connectivity index (χ1v) is 8.48. The molecule has 1 aliphatic rings. The van der Waals surface area contributed by atoms with E-state index in [0.29, 0.717) is 24.5 Å². The van der Waals surface area contributed by atoms with Crippen molar-refractivity contribution in [3.8, 4) is 0 Å². The Balaban J connectivity index is 1.67. The van der Waals surface area contributed by atoms with E-state index in [4.69, 9.17) is 0 Å². The van der Waals surface area contributed by atoms with Crippen LogP contribution in [0.15, 0.2) is 24.4 Å². The minimum Gasteiger partial charge on any atom is -0.338 e. The standard InChI is InChI=1S/C18H23N5O2/c1-12-6-4-8-16(20-12)21-17(24)14-7-5-9-23(11-14)18(25)15-10-19-22(3)13(15)2/h4,6,8,10,14H,5,7,9,11H2,1-3H3,(H,20,21,24). The first-order valence-electron chi connectivity index (χ1n) is 8.48. The van der Waals surface area contributed by atoms with Gasteiger partial charge in [0.25, 0.3) is 5.91 Å². The number of carbonyl (C=O) groups excluding carboxylic acids is 2. The molecular weight excluding hydrogens is 318 g/mol. The summed E-state index contributed by atoms with van der Waals surface area (Å²) >= 11 is 0. The van der Waals surface area contributed by atoms with Crippen LogP contribution in [0.3, 0.4) is 0 Å². The lowest BCUT2D eigenvalue weighted by Crippen LogP contribution is -2.44. The molecule has 7 nitrogen and oxygen atoms in total. The second-order valence-corrected chi connectivity index (χ2v) is 6.51. The lowest BCUT2D eigenvalue weighted by atomic mass is 9.96. The zero-order valence-electron chi connectivity index (χ0n) is 14.8. The third-order valence-corrected chi connectivity index (χ3v) is 4.68. The first kappa shape index (κ1) is 17.1. The fourth-order valence-electron chi connectivity index (χ4n) is 3.10. The minimum absolute atomic E-state index is 0.0585. The number of piperidine rings is 1. The molecule has 2 aromatic heterocycles. The van der Waals surface area contributed by atoms with Gasteiger partial charge in [0.1, 0.15) is 5.82 Å². The van der Waals surface area contributed by atoms with Crippen molar-refractivity contribution in [2.45, 2.75) is 26.7 Å². The number of carbonyl (C=O) groups is 2. The number of rotatable bonds is 3. The van der Waals surface area contributed by atoms with Crippen molar-refractivity contribution in [3.63, 3.8) is 0 Å². The molecule has 3 heterocycles. The van der Waals surface area contributed by atoms with Crippen LogP contribution in [0.2, 0.25) is 0 Å². The molecule has 0 saturated carbocycles. The van der Waals surface area contributed by atoms with Crippen LogP contribution < -0.4 is 5.32 Å². The number of aromatic nitrogens is 3. The first-order chi connectivity index (χ1) is 12.0. The summed E-state index contributed by atoms with van der Waals surface area (Å²) in [5.41, 5.74) is 2.29. The van der Waals surface area contributed by atoms with E-state index in [0.717, 1.165) is 24.2 Å². The number of hydrogen-bond donors (Lipinski definition) is 1. The monoisotopic (exact) mass is 341 g/mol. The number of pyridine rings is 1. The number of anilines is 1. The smallest absolute Gasteiger partial charge is 0.257 e. The zero-order valence-corrected chi connectivity index (χ0v) is 14.8. The molecule has 0 spiro atoms. The molecule has 25 heavy (non-hydrogen) atoms. The van der Waals surface area contributed by atoms with E-state index in [2.05, 4.69) is 15.4 Å². The largest absolute Gasteiger partial charge is 0.338 e. The second kappa shape index (κ2) is 7.04. The van der Waals surface area contributed by atoms with Gasteiger partial charge in [-0.05, 0) is 38.8 Å². The van der Waals surface area contributed by atoms with Gasteiger partial charge in [-0.1, -0.05) is 6.07 Å². The van der Waals surface area contributed by atoms with Crippen molar-refractivity contribution >= 4 is 17.6 Å². The van der Waals surface area contributed by atoms with Crippen molar-refractivity contribution in [2.24, 2.45) is 13.0 Å². The summed E-state index contributed by atoms with van der Waals surface area (Å²) in [6.45, 7) is 4.84. The summed E-state index contributed by atoms with van der Waals surface area (Å²) in [5, 5.41) is 6.99. The molecule has 0 bridgehead atoms. The highest BCUT2D eigenvalue weighted by molar-refractivity contribution is 5.96. The molecule has 2 amide bonds. The summed E-state index contributed by atoms with van der Waals surface area (Å²) in [6, 6.07) is 5.52. The number of likely N-dealkylation sites (tertiary alicyclic amines) is 1. The van der Waals surface area contributed by atoms with E-state index >= 15 is 0 Å². The quantitative estimate of drug-likeness (QED) is 0.925. The lowest BCUT2D eigenvalue weighted by Gasteiger charge is -2.32. The molecule has 0 radical (unpaired) electrons. The predicted molar refractivity (Wildman–Crippen MR) is 94.2 cm³/mol. The Bertz CT molecular complexity index is 799. The molecule has 132 valence electrons. The maximum Gasteiger partial charge on any atom is 0.257 e. The van der Waals surface area contributed by atoms with E-state index in [1.54, 1.807) is 21.8 Å². The van der Waals surface area contributed by atoms with Gasteiger partial charge in [-0.2, -0.15) is 5.10 Å². The highest BCUT2D eigenvalue weighted by Crippen LogP contribution is 2.21. The van der Waals surface area contributed by atoms with Gasteiger partial charge in [0.15, 0.2) is 0 Å². The molecule has 7 heteroatoms. The van der Waals surface area contributed by atoms with E-state index in [9.17, 15) is 9.59 Å². The maximum absolute atomic E-state index is 12.7. The van der Waals surface area contributed by atoms with Gasteiger partial charge < -0.3 is 10.2 Å². The Hall–Kier alpha value is -2.70. The van der Waals surface area contributed by atoms with Gasteiger partial charge in [0.05, 0.1) is 17.7 Å². The van der Waals surface area contributed by atoms with Crippen LogP contribution in [0.4, 0.5) is 5.82 Å². The SMILES string of the molecule is Cc1cccc(NC(=O)C2CCCN(C(=O)c3cnn(C)c3C)C2)n1. The van der Waals surface area contributed by atoms with Gasteiger partial charge >= 0.3 is 0 Å². The van der Waals surface area contributed by atoms with Gasteiger partial charge in [-0.3, -0.25) is 14.3 Å². The van der Waals surface area contributed by atoms with Gasteiger partial charge in [0.2, 0.25) is 5.91 Å². The fraction of sp³-hybridized carbons (Fsp3) is 0.444. The minimum atomic E-state index is -0.225. The van der Waals surface area contributed by atoms with Crippen LogP contribution >= 0.6 is 0 Å². The molecule has 3 rings (SSSR count). The van der Waals surface area contributed by atoms with Crippen molar-refractivity contribution in [2.75, 3.05) is 18.4 Å². The topological polar surface area (TPSA) is 80.1 Å².